The molecular formula is C10H17F2N. The zero-order valence-corrected chi connectivity index (χ0v) is 8.26. The number of halogens is 2. The van der Waals surface area contributed by atoms with Gasteiger partial charge < -0.3 is 0 Å². The predicted molar refractivity (Wildman–Crippen MR) is 50.0 cm³/mol. The molecule has 13 heavy (non-hydrogen) atoms. The van der Waals surface area contributed by atoms with Crippen LogP contribution in [-0.4, -0.2) is 31.0 Å². The van der Waals surface area contributed by atoms with Crippen molar-refractivity contribution in [3.63, 3.8) is 0 Å². The molecule has 1 heterocycles. The second-order valence-electron chi connectivity index (χ2n) is 3.83. The fourth-order valence-corrected chi connectivity index (χ4v) is 1.61. The van der Waals surface area contributed by atoms with Gasteiger partial charge in [0.1, 0.15) is 0 Å². The molecule has 0 saturated carbocycles. The maximum Gasteiger partial charge on any atom is 0.251 e. The zero-order chi connectivity index (χ0) is 9.84. The third-order valence-corrected chi connectivity index (χ3v) is 2.47. The molecule has 1 nitrogen and oxygen atoms in total. The minimum Gasteiger partial charge on any atom is -0.294 e. The van der Waals surface area contributed by atoms with Gasteiger partial charge in [0.05, 0.1) is 6.54 Å². The predicted octanol–water partition coefficient (Wildman–Crippen LogP) is 2.54. The van der Waals surface area contributed by atoms with Crippen LogP contribution in [-0.2, 0) is 0 Å². The lowest BCUT2D eigenvalue weighted by Crippen LogP contribution is -2.33. The van der Waals surface area contributed by atoms with Crippen LogP contribution >= 0.6 is 0 Å². The molecule has 1 aliphatic rings. The molecule has 76 valence electrons. The summed E-state index contributed by atoms with van der Waals surface area (Å²) >= 11 is 0. The Bertz CT molecular complexity index is 187. The molecular weight excluding hydrogens is 172 g/mol. The van der Waals surface area contributed by atoms with Crippen LogP contribution in [0.3, 0.4) is 0 Å². The standard InChI is InChI=1S/C10H17F2N/c1-8(2)9-3-5-13(6-4-9)7-10(11)12/h3,8,10H,4-7H2,1-2H3. The summed E-state index contributed by atoms with van der Waals surface area (Å²) in [6, 6.07) is 0. The van der Waals surface area contributed by atoms with Crippen molar-refractivity contribution >= 4 is 0 Å². The Morgan fingerprint density at radius 1 is 1.46 bits per heavy atom. The van der Waals surface area contributed by atoms with Gasteiger partial charge in [-0.25, -0.2) is 8.78 Å². The Morgan fingerprint density at radius 2 is 2.15 bits per heavy atom. The summed E-state index contributed by atoms with van der Waals surface area (Å²) in [6.45, 7) is 5.69. The van der Waals surface area contributed by atoms with E-state index in [0.29, 0.717) is 12.5 Å². The van der Waals surface area contributed by atoms with Crippen LogP contribution in [0, 0.1) is 5.92 Å². The fraction of sp³-hybridized carbons (Fsp3) is 0.800. The number of alkyl halides is 2. The van der Waals surface area contributed by atoms with Crippen molar-refractivity contribution in [1.82, 2.24) is 4.90 Å². The van der Waals surface area contributed by atoms with Crippen LogP contribution in [0.15, 0.2) is 11.6 Å². The first-order valence-corrected chi connectivity index (χ1v) is 4.79. The van der Waals surface area contributed by atoms with Gasteiger partial charge in [0.2, 0.25) is 0 Å². The fourth-order valence-electron chi connectivity index (χ4n) is 1.61. The number of hydrogen-bond acceptors (Lipinski definition) is 1. The molecule has 0 aromatic rings. The van der Waals surface area contributed by atoms with E-state index in [1.165, 1.54) is 5.57 Å². The highest BCUT2D eigenvalue weighted by atomic mass is 19.3. The maximum absolute atomic E-state index is 12.0. The monoisotopic (exact) mass is 189 g/mol. The molecule has 0 atom stereocenters. The van der Waals surface area contributed by atoms with Gasteiger partial charge in [0.25, 0.3) is 6.43 Å². The Morgan fingerprint density at radius 3 is 2.54 bits per heavy atom. The Labute approximate surface area is 78.4 Å². The summed E-state index contributed by atoms with van der Waals surface area (Å²) in [5, 5.41) is 0. The molecule has 1 rings (SSSR count). The SMILES string of the molecule is CC(C)C1=CCN(CC(F)F)CC1. The van der Waals surface area contributed by atoms with Crippen LogP contribution in [0.25, 0.3) is 0 Å². The largest absolute Gasteiger partial charge is 0.294 e. The van der Waals surface area contributed by atoms with Gasteiger partial charge in [-0.3, -0.25) is 4.90 Å². The number of hydrogen-bond donors (Lipinski definition) is 0. The van der Waals surface area contributed by atoms with Gasteiger partial charge in [-0.2, -0.15) is 0 Å². The van der Waals surface area contributed by atoms with Crippen molar-refractivity contribution in [2.45, 2.75) is 26.7 Å². The third-order valence-electron chi connectivity index (χ3n) is 2.47. The summed E-state index contributed by atoms with van der Waals surface area (Å²) < 4.78 is 24.0. The lowest BCUT2D eigenvalue weighted by molar-refractivity contribution is 0.0917. The van der Waals surface area contributed by atoms with E-state index >= 15 is 0 Å². The molecule has 3 heteroatoms. The van der Waals surface area contributed by atoms with Crippen LogP contribution in [0.1, 0.15) is 20.3 Å². The second-order valence-corrected chi connectivity index (χ2v) is 3.83. The molecule has 0 saturated heterocycles. The van der Waals surface area contributed by atoms with E-state index < -0.39 is 6.43 Å². The molecule has 0 N–H and O–H groups in total. The van der Waals surface area contributed by atoms with E-state index in [9.17, 15) is 8.78 Å². The zero-order valence-electron chi connectivity index (χ0n) is 8.26. The van der Waals surface area contributed by atoms with Crippen molar-refractivity contribution in [2.24, 2.45) is 5.92 Å². The third kappa shape index (κ3) is 3.43. The molecule has 0 fully saturated rings. The molecule has 0 aromatic carbocycles. The van der Waals surface area contributed by atoms with Crippen LogP contribution in [0.5, 0.6) is 0 Å². The first-order chi connectivity index (χ1) is 6.09. The second kappa shape index (κ2) is 4.70. The quantitative estimate of drug-likeness (QED) is 0.617. The van der Waals surface area contributed by atoms with E-state index in [4.69, 9.17) is 0 Å². The van der Waals surface area contributed by atoms with Crippen molar-refractivity contribution < 1.29 is 8.78 Å². The van der Waals surface area contributed by atoms with Crippen LogP contribution in [0.4, 0.5) is 8.78 Å². The van der Waals surface area contributed by atoms with E-state index in [1.54, 1.807) is 4.90 Å². The first-order valence-electron chi connectivity index (χ1n) is 4.79. The van der Waals surface area contributed by atoms with Gasteiger partial charge in [-0.05, 0) is 12.3 Å². The summed E-state index contributed by atoms with van der Waals surface area (Å²) in [5.41, 5.74) is 1.41. The molecule has 0 unspecified atom stereocenters. The average Bonchev–Trinajstić information content (AvgIpc) is 2.04. The van der Waals surface area contributed by atoms with Crippen LogP contribution < -0.4 is 0 Å². The smallest absolute Gasteiger partial charge is 0.251 e. The van der Waals surface area contributed by atoms with Crippen molar-refractivity contribution in [2.75, 3.05) is 19.6 Å². The molecule has 0 bridgehead atoms. The normalized spacial score (nSPS) is 19.7. The highest BCUT2D eigenvalue weighted by Gasteiger charge is 2.16. The molecule has 0 aromatic heterocycles. The molecule has 1 aliphatic heterocycles. The van der Waals surface area contributed by atoms with Gasteiger partial charge >= 0.3 is 0 Å². The van der Waals surface area contributed by atoms with Gasteiger partial charge in [-0.15, -0.1) is 0 Å². The maximum atomic E-state index is 12.0. The minimum atomic E-state index is -2.20. The lowest BCUT2D eigenvalue weighted by atomic mass is 9.97. The van der Waals surface area contributed by atoms with Crippen molar-refractivity contribution in [3.05, 3.63) is 11.6 Å². The molecule has 0 amide bonds. The minimum absolute atomic E-state index is 0.0815. The molecule has 0 spiro atoms. The summed E-state index contributed by atoms with van der Waals surface area (Å²) in [6.07, 6.45) is 0.843. The topological polar surface area (TPSA) is 3.24 Å². The summed E-state index contributed by atoms with van der Waals surface area (Å²) in [5.74, 6) is 0.564. The highest BCUT2D eigenvalue weighted by molar-refractivity contribution is 5.09. The van der Waals surface area contributed by atoms with E-state index in [1.807, 2.05) is 0 Å². The van der Waals surface area contributed by atoms with Crippen molar-refractivity contribution in [3.8, 4) is 0 Å². The molecule has 0 radical (unpaired) electrons. The Balaban J connectivity index is 2.37. The van der Waals surface area contributed by atoms with Gasteiger partial charge in [-0.1, -0.05) is 25.5 Å². The van der Waals surface area contributed by atoms with E-state index in [0.717, 1.165) is 13.0 Å². The number of rotatable bonds is 3. The highest BCUT2D eigenvalue weighted by Crippen LogP contribution is 2.18. The number of nitrogens with zero attached hydrogens (tertiary/aromatic N) is 1. The Kier molecular flexibility index (Phi) is 3.85. The van der Waals surface area contributed by atoms with Gasteiger partial charge in [0.15, 0.2) is 0 Å². The Hall–Kier alpha value is -0.440. The van der Waals surface area contributed by atoms with E-state index in [-0.39, 0.29) is 6.54 Å². The van der Waals surface area contributed by atoms with Gasteiger partial charge in [0, 0.05) is 13.1 Å². The van der Waals surface area contributed by atoms with Crippen molar-refractivity contribution in [1.29, 1.82) is 0 Å². The van der Waals surface area contributed by atoms with E-state index in [2.05, 4.69) is 19.9 Å². The summed E-state index contributed by atoms with van der Waals surface area (Å²) in [7, 11) is 0. The lowest BCUT2D eigenvalue weighted by Gasteiger charge is -2.27. The average molecular weight is 189 g/mol. The summed E-state index contributed by atoms with van der Waals surface area (Å²) in [4.78, 5) is 1.80. The van der Waals surface area contributed by atoms with Crippen LogP contribution in [0.2, 0.25) is 0 Å². The first kappa shape index (κ1) is 10.6. The molecule has 0 aliphatic carbocycles.